The van der Waals surface area contributed by atoms with Crippen molar-refractivity contribution in [2.24, 2.45) is 0 Å². The number of rotatable bonds is 6. The van der Waals surface area contributed by atoms with Crippen LogP contribution in [0.25, 0.3) is 10.9 Å². The second kappa shape index (κ2) is 7.84. The van der Waals surface area contributed by atoms with Gasteiger partial charge in [0.1, 0.15) is 6.04 Å². The summed E-state index contributed by atoms with van der Waals surface area (Å²) in [6, 6.07) is 11.7. The lowest BCUT2D eigenvalue weighted by Gasteiger charge is -2.17. The van der Waals surface area contributed by atoms with Gasteiger partial charge in [-0.25, -0.2) is 4.79 Å². The van der Waals surface area contributed by atoms with Crippen LogP contribution in [0.2, 0.25) is 0 Å². The molecule has 0 radical (unpaired) electrons. The third kappa shape index (κ3) is 4.31. The van der Waals surface area contributed by atoms with E-state index in [0.29, 0.717) is 11.1 Å². The van der Waals surface area contributed by atoms with Crippen molar-refractivity contribution in [3.63, 3.8) is 0 Å². The van der Waals surface area contributed by atoms with Gasteiger partial charge in [0.2, 0.25) is 0 Å². The molecule has 4 nitrogen and oxygen atoms in total. The minimum atomic E-state index is -4.41. The number of carbonyl (C=O) groups excluding carboxylic acids is 1. The van der Waals surface area contributed by atoms with Crippen LogP contribution < -0.4 is 5.32 Å². The monoisotopic (exact) mass is 376 g/mol. The smallest absolute Gasteiger partial charge is 0.416 e. The topological polar surface area (TPSA) is 54.1 Å². The molecule has 0 amide bonds. The quantitative estimate of drug-likeness (QED) is 0.619. The number of benzene rings is 2. The van der Waals surface area contributed by atoms with Crippen molar-refractivity contribution < 1.29 is 22.7 Å². The third-order valence-corrected chi connectivity index (χ3v) is 4.22. The fraction of sp³-hybridized carbons (Fsp3) is 0.250. The molecular formula is C20H19F3N2O2. The van der Waals surface area contributed by atoms with Crippen LogP contribution in [0.1, 0.15) is 29.7 Å². The van der Waals surface area contributed by atoms with Crippen LogP contribution in [0.5, 0.6) is 0 Å². The van der Waals surface area contributed by atoms with Gasteiger partial charge in [-0.1, -0.05) is 36.4 Å². The van der Waals surface area contributed by atoms with Gasteiger partial charge in [0, 0.05) is 29.2 Å². The molecule has 0 saturated carbocycles. The van der Waals surface area contributed by atoms with Gasteiger partial charge in [-0.3, -0.25) is 5.32 Å². The lowest BCUT2D eigenvalue weighted by molar-refractivity contribution is -0.146. The molecule has 1 heterocycles. The van der Waals surface area contributed by atoms with Gasteiger partial charge in [-0.05, 0) is 24.6 Å². The fourth-order valence-corrected chi connectivity index (χ4v) is 2.96. The average molecular weight is 376 g/mol. The first-order valence-corrected chi connectivity index (χ1v) is 8.52. The van der Waals surface area contributed by atoms with Gasteiger partial charge < -0.3 is 9.72 Å². The molecule has 2 aromatic carbocycles. The number of aromatic amines is 1. The van der Waals surface area contributed by atoms with Crippen molar-refractivity contribution in [3.05, 3.63) is 71.4 Å². The second-order valence-corrected chi connectivity index (χ2v) is 6.05. The van der Waals surface area contributed by atoms with Crippen molar-refractivity contribution in [2.45, 2.75) is 25.7 Å². The number of H-pyrrole nitrogens is 1. The number of aromatic nitrogens is 1. The number of carbonyl (C=O) groups is 1. The van der Waals surface area contributed by atoms with Crippen molar-refractivity contribution in [3.8, 4) is 0 Å². The number of ether oxygens (including phenoxy) is 1. The van der Waals surface area contributed by atoms with Crippen LogP contribution in [0.4, 0.5) is 13.2 Å². The molecule has 3 aromatic rings. The number of alkyl halides is 3. The van der Waals surface area contributed by atoms with E-state index >= 15 is 0 Å². The minimum Gasteiger partial charge on any atom is -0.465 e. The van der Waals surface area contributed by atoms with Gasteiger partial charge in [0.25, 0.3) is 0 Å². The summed E-state index contributed by atoms with van der Waals surface area (Å²) < 4.78 is 43.8. The summed E-state index contributed by atoms with van der Waals surface area (Å²) in [7, 11) is 0. The van der Waals surface area contributed by atoms with Crippen LogP contribution in [0, 0.1) is 0 Å². The summed E-state index contributed by atoms with van der Waals surface area (Å²) in [4.78, 5) is 15.6. The summed E-state index contributed by atoms with van der Waals surface area (Å²) in [6.45, 7) is 2.01. The zero-order valence-electron chi connectivity index (χ0n) is 14.6. The molecule has 0 bridgehead atoms. The highest BCUT2D eigenvalue weighted by atomic mass is 19.4. The number of nitrogens with one attached hydrogen (secondary N) is 2. The van der Waals surface area contributed by atoms with E-state index < -0.39 is 23.8 Å². The predicted molar refractivity (Wildman–Crippen MR) is 96.0 cm³/mol. The van der Waals surface area contributed by atoms with Crippen molar-refractivity contribution in [1.29, 1.82) is 0 Å². The van der Waals surface area contributed by atoms with E-state index in [-0.39, 0.29) is 13.2 Å². The highest BCUT2D eigenvalue weighted by Crippen LogP contribution is 2.30. The molecule has 27 heavy (non-hydrogen) atoms. The van der Waals surface area contributed by atoms with E-state index in [1.165, 1.54) is 6.07 Å². The van der Waals surface area contributed by atoms with Crippen LogP contribution in [-0.4, -0.2) is 17.6 Å². The summed E-state index contributed by atoms with van der Waals surface area (Å²) in [5.41, 5.74) is 1.26. The maximum atomic E-state index is 12.9. The Balaban J connectivity index is 1.86. The number of fused-ring (bicyclic) bond motifs is 1. The molecule has 0 saturated heterocycles. The molecule has 1 atom stereocenters. The fourth-order valence-electron chi connectivity index (χ4n) is 2.96. The summed E-state index contributed by atoms with van der Waals surface area (Å²) >= 11 is 0. The first-order chi connectivity index (χ1) is 12.9. The van der Waals surface area contributed by atoms with Crippen LogP contribution in [-0.2, 0) is 22.3 Å². The number of para-hydroxylation sites is 1. The van der Waals surface area contributed by atoms with E-state index in [2.05, 4.69) is 10.3 Å². The molecule has 0 aliphatic rings. The molecule has 1 aromatic heterocycles. The molecule has 0 aliphatic heterocycles. The summed E-state index contributed by atoms with van der Waals surface area (Å²) in [5, 5.41) is 3.89. The Bertz CT molecular complexity index is 934. The Morgan fingerprint density at radius 1 is 1.19 bits per heavy atom. The van der Waals surface area contributed by atoms with Gasteiger partial charge in [0.15, 0.2) is 0 Å². The normalized spacial score (nSPS) is 12.9. The number of halogens is 3. The number of hydrogen-bond acceptors (Lipinski definition) is 3. The standard InChI is InChI=1S/C20H19F3N2O2/c1-2-27-19(26)18(16-12-24-17-9-4-3-8-15(16)17)25-11-13-6-5-7-14(10-13)20(21,22)23/h3-10,12,18,24-25H,2,11H2,1H3. The Morgan fingerprint density at radius 3 is 2.70 bits per heavy atom. The minimum absolute atomic E-state index is 0.0902. The molecule has 2 N–H and O–H groups in total. The molecule has 7 heteroatoms. The second-order valence-electron chi connectivity index (χ2n) is 6.05. The third-order valence-electron chi connectivity index (χ3n) is 4.22. The van der Waals surface area contributed by atoms with Crippen LogP contribution in [0.15, 0.2) is 54.7 Å². The Labute approximate surface area is 154 Å². The Kier molecular flexibility index (Phi) is 5.51. The predicted octanol–water partition coefficient (Wildman–Crippen LogP) is 4.58. The van der Waals surface area contributed by atoms with Crippen molar-refractivity contribution >= 4 is 16.9 Å². The van der Waals surface area contributed by atoms with Crippen molar-refractivity contribution in [2.75, 3.05) is 6.61 Å². The zero-order valence-corrected chi connectivity index (χ0v) is 14.6. The van der Waals surface area contributed by atoms with Crippen LogP contribution in [0.3, 0.4) is 0 Å². The largest absolute Gasteiger partial charge is 0.465 e. The zero-order chi connectivity index (χ0) is 19.4. The van der Waals surface area contributed by atoms with Gasteiger partial charge in [-0.15, -0.1) is 0 Å². The Hall–Kier alpha value is -2.80. The summed E-state index contributed by atoms with van der Waals surface area (Å²) in [5.74, 6) is -0.478. The molecule has 1 unspecified atom stereocenters. The molecule has 0 fully saturated rings. The molecular weight excluding hydrogens is 357 g/mol. The highest BCUT2D eigenvalue weighted by Gasteiger charge is 2.30. The van der Waals surface area contributed by atoms with E-state index in [1.807, 2.05) is 24.3 Å². The Morgan fingerprint density at radius 2 is 1.96 bits per heavy atom. The average Bonchev–Trinajstić information content (AvgIpc) is 3.06. The maximum Gasteiger partial charge on any atom is 0.416 e. The van der Waals surface area contributed by atoms with E-state index in [1.54, 1.807) is 19.2 Å². The van der Waals surface area contributed by atoms with Crippen LogP contribution >= 0.6 is 0 Å². The summed E-state index contributed by atoms with van der Waals surface area (Å²) in [6.07, 6.45) is -2.70. The van der Waals surface area contributed by atoms with Gasteiger partial charge in [0.05, 0.1) is 12.2 Å². The molecule has 0 aliphatic carbocycles. The number of hydrogen-bond donors (Lipinski definition) is 2. The molecule has 142 valence electrons. The van der Waals surface area contributed by atoms with Gasteiger partial charge >= 0.3 is 12.1 Å². The van der Waals surface area contributed by atoms with E-state index in [4.69, 9.17) is 4.74 Å². The van der Waals surface area contributed by atoms with E-state index in [0.717, 1.165) is 23.0 Å². The van der Waals surface area contributed by atoms with Gasteiger partial charge in [-0.2, -0.15) is 13.2 Å². The first-order valence-electron chi connectivity index (χ1n) is 8.52. The number of esters is 1. The lowest BCUT2D eigenvalue weighted by Crippen LogP contribution is -2.30. The maximum absolute atomic E-state index is 12.9. The van der Waals surface area contributed by atoms with Crippen molar-refractivity contribution in [1.82, 2.24) is 10.3 Å². The SMILES string of the molecule is CCOC(=O)C(NCc1cccc(C(F)(F)F)c1)c1c[nH]c2ccccc12. The first kappa shape index (κ1) is 19.0. The molecule has 0 spiro atoms. The van der Waals surface area contributed by atoms with E-state index in [9.17, 15) is 18.0 Å². The highest BCUT2D eigenvalue weighted by molar-refractivity contribution is 5.89. The molecule has 3 rings (SSSR count). The lowest BCUT2D eigenvalue weighted by atomic mass is 10.0.